The molecule has 100 valence electrons. The first kappa shape index (κ1) is 14.4. The second-order valence-corrected chi connectivity index (χ2v) is 5.40. The third-order valence-electron chi connectivity index (χ3n) is 3.09. The lowest BCUT2D eigenvalue weighted by atomic mass is 9.99. The van der Waals surface area contributed by atoms with Gasteiger partial charge in [0.1, 0.15) is 6.10 Å². The summed E-state index contributed by atoms with van der Waals surface area (Å²) < 4.78 is 0. The minimum absolute atomic E-state index is 0.523. The van der Waals surface area contributed by atoms with E-state index in [1.165, 1.54) is 5.56 Å². The van der Waals surface area contributed by atoms with Crippen LogP contribution >= 0.6 is 23.2 Å². The molecule has 2 aromatic rings. The number of aryl methyl sites for hydroxylation is 1. The van der Waals surface area contributed by atoms with Crippen molar-refractivity contribution in [3.63, 3.8) is 0 Å². The second kappa shape index (κ2) is 6.42. The summed E-state index contributed by atoms with van der Waals surface area (Å²) >= 11 is 12.0. The van der Waals surface area contributed by atoms with Crippen LogP contribution in [0, 0.1) is 0 Å². The summed E-state index contributed by atoms with van der Waals surface area (Å²) in [7, 11) is 0. The zero-order chi connectivity index (χ0) is 13.8. The lowest BCUT2D eigenvalue weighted by Crippen LogP contribution is -2.00. The zero-order valence-electron chi connectivity index (χ0n) is 10.7. The Morgan fingerprint density at radius 2 is 1.74 bits per heavy atom. The van der Waals surface area contributed by atoms with Gasteiger partial charge < -0.3 is 5.11 Å². The van der Waals surface area contributed by atoms with Gasteiger partial charge in [-0.2, -0.15) is 0 Å². The van der Waals surface area contributed by atoms with Crippen molar-refractivity contribution >= 4 is 23.2 Å². The highest BCUT2D eigenvalue weighted by atomic mass is 35.5. The molecule has 0 aliphatic heterocycles. The summed E-state index contributed by atoms with van der Waals surface area (Å²) in [6.45, 7) is 2.15. The standard InChI is InChI=1S/C16H16Cl2O/c1-2-3-11-4-6-12(7-5-11)16(19)14-10-13(17)8-9-15(14)18/h4-10,16,19H,2-3H2,1H3. The molecule has 0 saturated heterocycles. The van der Waals surface area contributed by atoms with Crippen molar-refractivity contribution < 1.29 is 5.11 Å². The van der Waals surface area contributed by atoms with Crippen LogP contribution < -0.4 is 0 Å². The maximum absolute atomic E-state index is 10.4. The van der Waals surface area contributed by atoms with E-state index in [2.05, 4.69) is 6.92 Å². The maximum atomic E-state index is 10.4. The van der Waals surface area contributed by atoms with Crippen molar-refractivity contribution in [3.05, 3.63) is 69.2 Å². The molecule has 0 aliphatic rings. The molecule has 1 N–H and O–H groups in total. The van der Waals surface area contributed by atoms with E-state index in [1.807, 2.05) is 24.3 Å². The fraction of sp³-hybridized carbons (Fsp3) is 0.250. The Hall–Kier alpha value is -1.02. The van der Waals surface area contributed by atoms with Crippen LogP contribution in [0.2, 0.25) is 10.0 Å². The lowest BCUT2D eigenvalue weighted by Gasteiger charge is -2.14. The molecule has 1 atom stereocenters. The Morgan fingerprint density at radius 3 is 2.37 bits per heavy atom. The van der Waals surface area contributed by atoms with Crippen molar-refractivity contribution in [2.45, 2.75) is 25.9 Å². The smallest absolute Gasteiger partial charge is 0.106 e. The average molecular weight is 295 g/mol. The first-order valence-electron chi connectivity index (χ1n) is 6.33. The van der Waals surface area contributed by atoms with Crippen LogP contribution in [-0.2, 0) is 6.42 Å². The Morgan fingerprint density at radius 1 is 1.05 bits per heavy atom. The van der Waals surface area contributed by atoms with Crippen LogP contribution in [-0.4, -0.2) is 5.11 Å². The van der Waals surface area contributed by atoms with Gasteiger partial charge in [-0.15, -0.1) is 0 Å². The van der Waals surface area contributed by atoms with Gasteiger partial charge in [-0.3, -0.25) is 0 Å². The minimum atomic E-state index is -0.748. The van der Waals surface area contributed by atoms with E-state index in [0.717, 1.165) is 18.4 Å². The Bertz CT molecular complexity index is 549. The van der Waals surface area contributed by atoms with Crippen molar-refractivity contribution in [2.75, 3.05) is 0 Å². The first-order valence-corrected chi connectivity index (χ1v) is 7.09. The highest BCUT2D eigenvalue weighted by Gasteiger charge is 2.14. The van der Waals surface area contributed by atoms with Crippen LogP contribution in [0.4, 0.5) is 0 Å². The van der Waals surface area contributed by atoms with Gasteiger partial charge in [-0.25, -0.2) is 0 Å². The van der Waals surface area contributed by atoms with E-state index < -0.39 is 6.10 Å². The third kappa shape index (κ3) is 3.50. The van der Waals surface area contributed by atoms with Gasteiger partial charge in [0, 0.05) is 15.6 Å². The van der Waals surface area contributed by atoms with Gasteiger partial charge >= 0.3 is 0 Å². The van der Waals surface area contributed by atoms with Gasteiger partial charge in [0.2, 0.25) is 0 Å². The van der Waals surface area contributed by atoms with E-state index in [-0.39, 0.29) is 0 Å². The Kier molecular flexibility index (Phi) is 4.87. The summed E-state index contributed by atoms with van der Waals surface area (Å²) in [6.07, 6.45) is 1.41. The maximum Gasteiger partial charge on any atom is 0.106 e. The summed E-state index contributed by atoms with van der Waals surface area (Å²) in [5.41, 5.74) is 2.73. The van der Waals surface area contributed by atoms with Crippen LogP contribution in [0.3, 0.4) is 0 Å². The molecule has 0 fully saturated rings. The third-order valence-corrected chi connectivity index (χ3v) is 3.67. The molecule has 0 amide bonds. The monoisotopic (exact) mass is 294 g/mol. The van der Waals surface area contributed by atoms with Crippen molar-refractivity contribution in [1.82, 2.24) is 0 Å². The molecule has 1 nitrogen and oxygen atoms in total. The van der Waals surface area contributed by atoms with Gasteiger partial charge in [0.25, 0.3) is 0 Å². The number of aliphatic hydroxyl groups is 1. The number of rotatable bonds is 4. The number of hydrogen-bond acceptors (Lipinski definition) is 1. The molecular weight excluding hydrogens is 279 g/mol. The number of halogens is 2. The highest BCUT2D eigenvalue weighted by molar-refractivity contribution is 6.33. The Balaban J connectivity index is 2.27. The molecular formula is C16H16Cl2O. The van der Waals surface area contributed by atoms with E-state index in [1.54, 1.807) is 18.2 Å². The molecule has 0 saturated carbocycles. The van der Waals surface area contributed by atoms with Crippen molar-refractivity contribution in [1.29, 1.82) is 0 Å². The van der Waals surface area contributed by atoms with E-state index in [9.17, 15) is 5.11 Å². The SMILES string of the molecule is CCCc1ccc(C(O)c2cc(Cl)ccc2Cl)cc1. The largest absolute Gasteiger partial charge is 0.384 e. The number of hydrogen-bond donors (Lipinski definition) is 1. The summed E-state index contributed by atoms with van der Waals surface area (Å²) in [5, 5.41) is 11.5. The normalized spacial score (nSPS) is 12.4. The topological polar surface area (TPSA) is 20.2 Å². The summed E-state index contributed by atoms with van der Waals surface area (Å²) in [5.74, 6) is 0. The molecule has 0 bridgehead atoms. The molecule has 19 heavy (non-hydrogen) atoms. The van der Waals surface area contributed by atoms with Crippen LogP contribution in [0.1, 0.15) is 36.1 Å². The van der Waals surface area contributed by atoms with Crippen LogP contribution in [0.5, 0.6) is 0 Å². The predicted molar refractivity (Wildman–Crippen MR) is 81.0 cm³/mol. The predicted octanol–water partition coefficient (Wildman–Crippen LogP) is 5.03. The molecule has 0 heterocycles. The zero-order valence-corrected chi connectivity index (χ0v) is 12.2. The molecule has 2 rings (SSSR count). The van der Waals surface area contributed by atoms with Gasteiger partial charge in [-0.05, 0) is 35.7 Å². The van der Waals surface area contributed by atoms with E-state index in [4.69, 9.17) is 23.2 Å². The Labute approximate surface area is 123 Å². The lowest BCUT2D eigenvalue weighted by molar-refractivity contribution is 0.220. The van der Waals surface area contributed by atoms with Crippen molar-refractivity contribution in [2.24, 2.45) is 0 Å². The van der Waals surface area contributed by atoms with Gasteiger partial charge in [-0.1, -0.05) is 60.8 Å². The first-order chi connectivity index (χ1) is 9.11. The van der Waals surface area contributed by atoms with E-state index >= 15 is 0 Å². The van der Waals surface area contributed by atoms with Crippen LogP contribution in [0.15, 0.2) is 42.5 Å². The molecule has 0 radical (unpaired) electrons. The fourth-order valence-corrected chi connectivity index (χ4v) is 2.46. The van der Waals surface area contributed by atoms with Gasteiger partial charge in [0.05, 0.1) is 0 Å². The van der Waals surface area contributed by atoms with Crippen molar-refractivity contribution in [3.8, 4) is 0 Å². The number of benzene rings is 2. The van der Waals surface area contributed by atoms with Gasteiger partial charge in [0.15, 0.2) is 0 Å². The molecule has 0 aliphatic carbocycles. The quantitative estimate of drug-likeness (QED) is 0.839. The second-order valence-electron chi connectivity index (χ2n) is 4.56. The summed E-state index contributed by atoms with van der Waals surface area (Å²) in [6, 6.07) is 13.1. The number of aliphatic hydroxyl groups excluding tert-OH is 1. The minimum Gasteiger partial charge on any atom is -0.384 e. The fourth-order valence-electron chi connectivity index (χ4n) is 2.06. The molecule has 2 aromatic carbocycles. The highest BCUT2D eigenvalue weighted by Crippen LogP contribution is 2.30. The van der Waals surface area contributed by atoms with Crippen LogP contribution in [0.25, 0.3) is 0 Å². The molecule has 0 spiro atoms. The molecule has 0 aromatic heterocycles. The van der Waals surface area contributed by atoms with E-state index in [0.29, 0.717) is 15.6 Å². The summed E-state index contributed by atoms with van der Waals surface area (Å²) in [4.78, 5) is 0. The average Bonchev–Trinajstić information content (AvgIpc) is 2.42. The molecule has 3 heteroatoms. The molecule has 1 unspecified atom stereocenters.